The van der Waals surface area contributed by atoms with E-state index in [0.717, 1.165) is 5.82 Å². The van der Waals surface area contributed by atoms with Crippen molar-refractivity contribution in [2.75, 3.05) is 6.54 Å². The molecule has 3 N–H and O–H groups in total. The van der Waals surface area contributed by atoms with Crippen LogP contribution < -0.4 is 5.73 Å². The first-order valence-electron chi connectivity index (χ1n) is 6.32. The Labute approximate surface area is 108 Å². The van der Waals surface area contributed by atoms with Gasteiger partial charge in [-0.3, -0.25) is 0 Å². The van der Waals surface area contributed by atoms with Crippen molar-refractivity contribution in [2.45, 2.75) is 32.1 Å². The molecule has 0 bridgehead atoms. The molecule has 18 heavy (non-hydrogen) atoms. The van der Waals surface area contributed by atoms with E-state index in [-0.39, 0.29) is 11.3 Å². The highest BCUT2D eigenvalue weighted by molar-refractivity contribution is 5.32. The number of nitrogens with two attached hydrogens (primary N) is 1. The summed E-state index contributed by atoms with van der Waals surface area (Å²) >= 11 is 0. The minimum Gasteiger partial charge on any atom is -0.348 e. The predicted molar refractivity (Wildman–Crippen MR) is 74.6 cm³/mol. The number of hydrogen-bond acceptors (Lipinski definition) is 2. The van der Waals surface area contributed by atoms with Gasteiger partial charge in [-0.05, 0) is 16.5 Å². The van der Waals surface area contributed by atoms with E-state index in [1.165, 1.54) is 11.1 Å². The van der Waals surface area contributed by atoms with Gasteiger partial charge in [0.15, 0.2) is 0 Å². The van der Waals surface area contributed by atoms with E-state index in [2.05, 4.69) is 55.0 Å². The molecule has 0 amide bonds. The molecule has 3 nitrogen and oxygen atoms in total. The van der Waals surface area contributed by atoms with Gasteiger partial charge in [-0.25, -0.2) is 4.98 Å². The molecular weight excluding hydrogens is 222 g/mol. The Morgan fingerprint density at radius 1 is 1.22 bits per heavy atom. The van der Waals surface area contributed by atoms with Crippen molar-refractivity contribution in [3.05, 3.63) is 53.6 Å². The number of nitrogens with zero attached hydrogens (tertiary/aromatic N) is 1. The summed E-state index contributed by atoms with van der Waals surface area (Å²) in [5, 5.41) is 0. The Balaban J connectivity index is 2.28. The summed E-state index contributed by atoms with van der Waals surface area (Å²) < 4.78 is 0. The molecule has 0 aliphatic rings. The normalized spacial score (nSPS) is 13.6. The fraction of sp³-hybridized carbons (Fsp3) is 0.400. The van der Waals surface area contributed by atoms with E-state index in [0.29, 0.717) is 6.54 Å². The molecular formula is C15H21N3. The largest absolute Gasteiger partial charge is 0.348 e. The van der Waals surface area contributed by atoms with Crippen LogP contribution in [-0.2, 0) is 5.41 Å². The highest BCUT2D eigenvalue weighted by atomic mass is 14.9. The summed E-state index contributed by atoms with van der Waals surface area (Å²) in [5.74, 6) is 1.08. The molecule has 1 atom stereocenters. The number of benzene rings is 1. The predicted octanol–water partition coefficient (Wildman–Crippen LogP) is 2.80. The van der Waals surface area contributed by atoms with E-state index in [9.17, 15) is 0 Å². The van der Waals surface area contributed by atoms with Gasteiger partial charge in [-0.15, -0.1) is 0 Å². The molecule has 1 aromatic heterocycles. The van der Waals surface area contributed by atoms with E-state index in [1.54, 1.807) is 6.20 Å². The van der Waals surface area contributed by atoms with Gasteiger partial charge in [0.05, 0.1) is 5.92 Å². The highest BCUT2D eigenvalue weighted by Crippen LogP contribution is 2.26. The van der Waals surface area contributed by atoms with Crippen molar-refractivity contribution in [1.82, 2.24) is 9.97 Å². The van der Waals surface area contributed by atoms with Crippen LogP contribution in [0, 0.1) is 0 Å². The first-order valence-corrected chi connectivity index (χ1v) is 6.32. The smallest absolute Gasteiger partial charge is 0.114 e. The molecule has 1 heterocycles. The number of imidazole rings is 1. The molecule has 1 aromatic carbocycles. The molecule has 0 spiro atoms. The summed E-state index contributed by atoms with van der Waals surface area (Å²) in [6, 6.07) is 8.67. The van der Waals surface area contributed by atoms with Crippen LogP contribution in [0.3, 0.4) is 0 Å². The maximum atomic E-state index is 5.86. The quantitative estimate of drug-likeness (QED) is 0.871. The van der Waals surface area contributed by atoms with Crippen LogP contribution in [-0.4, -0.2) is 16.5 Å². The van der Waals surface area contributed by atoms with Gasteiger partial charge < -0.3 is 10.7 Å². The van der Waals surface area contributed by atoms with Gasteiger partial charge >= 0.3 is 0 Å². The number of hydrogen-bond donors (Lipinski definition) is 2. The van der Waals surface area contributed by atoms with E-state index >= 15 is 0 Å². The topological polar surface area (TPSA) is 54.7 Å². The lowest BCUT2D eigenvalue weighted by Gasteiger charge is -2.20. The van der Waals surface area contributed by atoms with E-state index < -0.39 is 0 Å². The zero-order valence-electron chi connectivity index (χ0n) is 11.3. The summed E-state index contributed by atoms with van der Waals surface area (Å²) in [7, 11) is 0. The second kappa shape index (κ2) is 4.94. The van der Waals surface area contributed by atoms with Crippen molar-refractivity contribution >= 4 is 0 Å². The summed E-state index contributed by atoms with van der Waals surface area (Å²) in [4.78, 5) is 7.44. The maximum absolute atomic E-state index is 5.86. The molecule has 0 fully saturated rings. The average molecular weight is 243 g/mol. The van der Waals surface area contributed by atoms with Gasteiger partial charge in [0.1, 0.15) is 5.82 Å². The second-order valence-electron chi connectivity index (χ2n) is 5.63. The third kappa shape index (κ3) is 2.62. The second-order valence-corrected chi connectivity index (χ2v) is 5.63. The molecule has 0 aliphatic heterocycles. The number of nitrogens with one attached hydrogen (secondary N) is 1. The maximum Gasteiger partial charge on any atom is 0.114 e. The van der Waals surface area contributed by atoms with Crippen LogP contribution in [0.15, 0.2) is 36.7 Å². The molecule has 0 saturated carbocycles. The van der Waals surface area contributed by atoms with Gasteiger partial charge in [0.2, 0.25) is 0 Å². The summed E-state index contributed by atoms with van der Waals surface area (Å²) in [5.41, 5.74) is 8.59. The Hall–Kier alpha value is -1.61. The zero-order chi connectivity index (χ0) is 13.2. The Morgan fingerprint density at radius 3 is 2.33 bits per heavy atom. The van der Waals surface area contributed by atoms with Crippen LogP contribution in [0.25, 0.3) is 0 Å². The molecule has 1 unspecified atom stereocenters. The van der Waals surface area contributed by atoms with Gasteiger partial charge in [0.25, 0.3) is 0 Å². The van der Waals surface area contributed by atoms with Crippen molar-refractivity contribution in [3.8, 4) is 0 Å². The molecule has 0 radical (unpaired) electrons. The lowest BCUT2D eigenvalue weighted by atomic mass is 9.85. The molecule has 3 heteroatoms. The zero-order valence-corrected chi connectivity index (χ0v) is 11.3. The molecule has 2 rings (SSSR count). The third-order valence-corrected chi connectivity index (χ3v) is 3.26. The fourth-order valence-corrected chi connectivity index (χ4v) is 2.09. The van der Waals surface area contributed by atoms with Crippen molar-refractivity contribution in [3.63, 3.8) is 0 Å². The van der Waals surface area contributed by atoms with Gasteiger partial charge in [0, 0.05) is 18.9 Å². The minimum absolute atomic E-state index is 0.147. The minimum atomic E-state index is 0.147. The van der Waals surface area contributed by atoms with E-state index in [1.807, 2.05) is 6.20 Å². The summed E-state index contributed by atoms with van der Waals surface area (Å²) in [6.45, 7) is 7.21. The lowest BCUT2D eigenvalue weighted by Crippen LogP contribution is -2.16. The molecule has 96 valence electrons. The fourth-order valence-electron chi connectivity index (χ4n) is 2.09. The first-order chi connectivity index (χ1) is 8.52. The average Bonchev–Trinajstić information content (AvgIpc) is 2.83. The van der Waals surface area contributed by atoms with Gasteiger partial charge in [-0.1, -0.05) is 45.0 Å². The Kier molecular flexibility index (Phi) is 3.53. The van der Waals surface area contributed by atoms with Crippen LogP contribution in [0.2, 0.25) is 0 Å². The SMILES string of the molecule is CC(C)(C)c1ccc(C(CN)c2ncc[nH]2)cc1. The Bertz CT molecular complexity index is 477. The van der Waals surface area contributed by atoms with Crippen molar-refractivity contribution < 1.29 is 0 Å². The summed E-state index contributed by atoms with van der Waals surface area (Å²) in [6.07, 6.45) is 3.60. The molecule has 0 aliphatic carbocycles. The number of aromatic amines is 1. The number of H-pyrrole nitrogens is 1. The number of aromatic nitrogens is 2. The van der Waals surface area contributed by atoms with Gasteiger partial charge in [-0.2, -0.15) is 0 Å². The first kappa shape index (κ1) is 12.8. The highest BCUT2D eigenvalue weighted by Gasteiger charge is 2.17. The third-order valence-electron chi connectivity index (χ3n) is 3.26. The van der Waals surface area contributed by atoms with Crippen LogP contribution in [0.1, 0.15) is 43.6 Å². The van der Waals surface area contributed by atoms with Crippen LogP contribution in [0.4, 0.5) is 0 Å². The molecule has 2 aromatic rings. The monoisotopic (exact) mass is 243 g/mol. The lowest BCUT2D eigenvalue weighted by molar-refractivity contribution is 0.589. The van der Waals surface area contributed by atoms with E-state index in [4.69, 9.17) is 5.73 Å². The van der Waals surface area contributed by atoms with Crippen LogP contribution >= 0.6 is 0 Å². The van der Waals surface area contributed by atoms with Crippen LogP contribution in [0.5, 0.6) is 0 Å². The number of rotatable bonds is 3. The standard InChI is InChI=1S/C15H21N3/c1-15(2,3)12-6-4-11(5-7-12)13(10-16)14-17-8-9-18-14/h4-9,13H,10,16H2,1-3H3,(H,17,18). The Morgan fingerprint density at radius 2 is 1.89 bits per heavy atom. The molecule has 0 saturated heterocycles. The van der Waals surface area contributed by atoms with Crippen molar-refractivity contribution in [2.24, 2.45) is 5.73 Å². The van der Waals surface area contributed by atoms with Crippen molar-refractivity contribution in [1.29, 1.82) is 0 Å².